The van der Waals surface area contributed by atoms with Crippen LogP contribution in [0.15, 0.2) is 16.6 Å². The smallest absolute Gasteiger partial charge is 0.259 e. The van der Waals surface area contributed by atoms with Crippen molar-refractivity contribution in [1.82, 2.24) is 14.1 Å². The summed E-state index contributed by atoms with van der Waals surface area (Å²) in [5, 5.41) is 2.15. The van der Waals surface area contributed by atoms with Gasteiger partial charge in [-0.15, -0.1) is 11.3 Å². The van der Waals surface area contributed by atoms with E-state index in [0.29, 0.717) is 16.8 Å². The van der Waals surface area contributed by atoms with Gasteiger partial charge >= 0.3 is 0 Å². The molecule has 0 saturated carbocycles. The van der Waals surface area contributed by atoms with Crippen molar-refractivity contribution in [3.05, 3.63) is 16.7 Å². The highest BCUT2D eigenvalue weighted by molar-refractivity contribution is 8.06. The average Bonchev–Trinajstić information content (AvgIpc) is 2.97. The van der Waals surface area contributed by atoms with E-state index in [-0.39, 0.29) is 10.2 Å². The quantitative estimate of drug-likeness (QED) is 0.894. The van der Waals surface area contributed by atoms with Gasteiger partial charge in [0, 0.05) is 40.6 Å². The SMILES string of the molecule is O=S(=O)(NCC1CSCCS1)c1c(Cl)nc2sccn12. The molecular formula is C10H12ClN3O2S4. The highest BCUT2D eigenvalue weighted by Crippen LogP contribution is 2.26. The predicted octanol–water partition coefficient (Wildman–Crippen LogP) is 2.18. The summed E-state index contributed by atoms with van der Waals surface area (Å²) in [6.45, 7) is 0.424. The number of hydrogen-bond donors (Lipinski definition) is 1. The van der Waals surface area contributed by atoms with Gasteiger partial charge in [0.15, 0.2) is 15.1 Å². The summed E-state index contributed by atoms with van der Waals surface area (Å²) in [4.78, 5) is 4.63. The van der Waals surface area contributed by atoms with Crippen LogP contribution in [0.1, 0.15) is 0 Å². The maximum atomic E-state index is 12.4. The lowest BCUT2D eigenvalue weighted by molar-refractivity contribution is 0.577. The van der Waals surface area contributed by atoms with Crippen molar-refractivity contribution < 1.29 is 8.42 Å². The van der Waals surface area contributed by atoms with E-state index in [0.717, 1.165) is 17.3 Å². The van der Waals surface area contributed by atoms with Crippen molar-refractivity contribution in [1.29, 1.82) is 0 Å². The number of aromatic nitrogens is 2. The molecule has 1 fully saturated rings. The zero-order valence-electron chi connectivity index (χ0n) is 10.3. The number of imidazole rings is 1. The van der Waals surface area contributed by atoms with E-state index in [1.54, 1.807) is 11.6 Å². The fourth-order valence-electron chi connectivity index (χ4n) is 1.90. The molecule has 5 nitrogen and oxygen atoms in total. The molecule has 0 spiro atoms. The maximum absolute atomic E-state index is 12.4. The van der Waals surface area contributed by atoms with E-state index >= 15 is 0 Å². The molecule has 0 aromatic carbocycles. The lowest BCUT2D eigenvalue weighted by atomic mass is 10.5. The molecule has 1 atom stereocenters. The molecule has 2 aromatic heterocycles. The van der Waals surface area contributed by atoms with E-state index in [1.807, 2.05) is 23.5 Å². The van der Waals surface area contributed by atoms with Gasteiger partial charge in [-0.2, -0.15) is 23.5 Å². The Bertz CT molecular complexity index is 705. The Morgan fingerprint density at radius 1 is 1.50 bits per heavy atom. The Labute approximate surface area is 134 Å². The van der Waals surface area contributed by atoms with Crippen LogP contribution in [0.2, 0.25) is 5.15 Å². The molecule has 1 N–H and O–H groups in total. The van der Waals surface area contributed by atoms with E-state index in [1.165, 1.54) is 15.7 Å². The molecule has 0 radical (unpaired) electrons. The molecule has 1 saturated heterocycles. The van der Waals surface area contributed by atoms with Crippen LogP contribution in [0, 0.1) is 0 Å². The largest absolute Gasteiger partial charge is 0.279 e. The number of sulfonamides is 1. The molecular weight excluding hydrogens is 358 g/mol. The molecule has 2 aromatic rings. The van der Waals surface area contributed by atoms with Crippen LogP contribution in [0.25, 0.3) is 4.96 Å². The van der Waals surface area contributed by atoms with E-state index in [2.05, 4.69) is 9.71 Å². The first kappa shape index (κ1) is 15.0. The first-order chi connectivity index (χ1) is 9.58. The summed E-state index contributed by atoms with van der Waals surface area (Å²) in [5.41, 5.74) is 0. The molecule has 1 unspecified atom stereocenters. The second-order valence-electron chi connectivity index (χ2n) is 4.18. The Morgan fingerprint density at radius 3 is 3.10 bits per heavy atom. The van der Waals surface area contributed by atoms with Gasteiger partial charge in [-0.25, -0.2) is 18.1 Å². The number of halogens is 1. The number of nitrogens with one attached hydrogen (secondary N) is 1. The van der Waals surface area contributed by atoms with Crippen molar-refractivity contribution in [3.63, 3.8) is 0 Å². The first-order valence-corrected chi connectivity index (χ1v) is 10.8. The molecule has 0 aliphatic carbocycles. The molecule has 1 aliphatic rings. The third-order valence-corrected chi connectivity index (χ3v) is 8.24. The van der Waals surface area contributed by atoms with Crippen LogP contribution in [-0.2, 0) is 10.0 Å². The minimum Gasteiger partial charge on any atom is -0.279 e. The molecule has 0 amide bonds. The number of nitrogens with zero attached hydrogens (tertiary/aromatic N) is 2. The fourth-order valence-corrected chi connectivity index (χ4v) is 7.15. The molecule has 0 bridgehead atoms. The lowest BCUT2D eigenvalue weighted by Gasteiger charge is -2.20. The standard InChI is InChI=1S/C10H12ClN3O2S4/c11-8-9(14-1-2-19-10(14)13-8)20(15,16)12-5-7-6-17-3-4-18-7/h1-2,7,12H,3-6H2. The Balaban J connectivity index is 1.80. The summed E-state index contributed by atoms with van der Waals surface area (Å²) in [6.07, 6.45) is 1.67. The zero-order chi connectivity index (χ0) is 14.2. The van der Waals surface area contributed by atoms with Crippen molar-refractivity contribution in [2.24, 2.45) is 0 Å². The highest BCUT2D eigenvalue weighted by Gasteiger charge is 2.26. The van der Waals surface area contributed by atoms with Crippen LogP contribution < -0.4 is 4.72 Å². The van der Waals surface area contributed by atoms with Gasteiger partial charge in [0.1, 0.15) is 0 Å². The summed E-state index contributed by atoms with van der Waals surface area (Å²) >= 11 is 11.0. The summed E-state index contributed by atoms with van der Waals surface area (Å²) in [7, 11) is -3.64. The van der Waals surface area contributed by atoms with Crippen LogP contribution in [0.4, 0.5) is 0 Å². The van der Waals surface area contributed by atoms with Crippen molar-refractivity contribution in [2.45, 2.75) is 10.3 Å². The Morgan fingerprint density at radius 2 is 2.35 bits per heavy atom. The fraction of sp³-hybridized carbons (Fsp3) is 0.500. The molecule has 1 aliphatic heterocycles. The number of thioether (sulfide) groups is 2. The summed E-state index contributed by atoms with van der Waals surface area (Å²) < 4.78 is 29.0. The second-order valence-corrected chi connectivity index (χ2v) is 9.65. The van der Waals surface area contributed by atoms with E-state index in [4.69, 9.17) is 11.6 Å². The van der Waals surface area contributed by atoms with Gasteiger partial charge in [-0.05, 0) is 0 Å². The van der Waals surface area contributed by atoms with Gasteiger partial charge in [-0.3, -0.25) is 4.40 Å². The number of thiazole rings is 1. The highest BCUT2D eigenvalue weighted by atomic mass is 35.5. The second kappa shape index (κ2) is 6.05. The minimum atomic E-state index is -3.64. The average molecular weight is 370 g/mol. The first-order valence-electron chi connectivity index (χ1n) is 5.88. The third kappa shape index (κ3) is 2.97. The molecule has 20 heavy (non-hydrogen) atoms. The minimum absolute atomic E-state index is 0.0232. The number of hydrogen-bond acceptors (Lipinski definition) is 6. The number of rotatable bonds is 4. The Hall–Kier alpha value is 0.0700. The molecule has 110 valence electrons. The molecule has 3 heterocycles. The molecule has 3 rings (SSSR count). The van der Waals surface area contributed by atoms with Gasteiger partial charge in [0.05, 0.1) is 0 Å². The van der Waals surface area contributed by atoms with Gasteiger partial charge in [0.25, 0.3) is 10.0 Å². The molecule has 10 heteroatoms. The van der Waals surface area contributed by atoms with Gasteiger partial charge < -0.3 is 0 Å². The third-order valence-electron chi connectivity index (χ3n) is 2.82. The van der Waals surface area contributed by atoms with Crippen LogP contribution >= 0.6 is 46.5 Å². The normalized spacial score (nSPS) is 20.6. The van der Waals surface area contributed by atoms with Crippen molar-refractivity contribution >= 4 is 61.4 Å². The van der Waals surface area contributed by atoms with E-state index in [9.17, 15) is 8.42 Å². The number of fused-ring (bicyclic) bond motifs is 1. The lowest BCUT2D eigenvalue weighted by Crippen LogP contribution is -2.34. The summed E-state index contributed by atoms with van der Waals surface area (Å²) in [6, 6.07) is 0. The predicted molar refractivity (Wildman–Crippen MR) is 86.8 cm³/mol. The zero-order valence-corrected chi connectivity index (χ0v) is 14.3. The monoisotopic (exact) mass is 369 g/mol. The summed E-state index contributed by atoms with van der Waals surface area (Å²) in [5.74, 6) is 3.18. The van der Waals surface area contributed by atoms with E-state index < -0.39 is 10.0 Å². The van der Waals surface area contributed by atoms with Crippen molar-refractivity contribution in [3.8, 4) is 0 Å². The van der Waals surface area contributed by atoms with Gasteiger partial charge in [0.2, 0.25) is 0 Å². The van der Waals surface area contributed by atoms with Crippen LogP contribution in [0.3, 0.4) is 0 Å². The van der Waals surface area contributed by atoms with Gasteiger partial charge in [-0.1, -0.05) is 11.6 Å². The van der Waals surface area contributed by atoms with Crippen LogP contribution in [-0.4, -0.2) is 46.9 Å². The Kier molecular flexibility index (Phi) is 4.54. The van der Waals surface area contributed by atoms with Crippen LogP contribution in [0.5, 0.6) is 0 Å². The van der Waals surface area contributed by atoms with Crippen molar-refractivity contribution in [2.75, 3.05) is 23.8 Å². The maximum Gasteiger partial charge on any atom is 0.259 e. The topological polar surface area (TPSA) is 63.5 Å².